The van der Waals surface area contributed by atoms with Crippen molar-refractivity contribution in [2.24, 2.45) is 0 Å². The molecule has 0 radical (unpaired) electrons. The van der Waals surface area contributed by atoms with Crippen LogP contribution < -0.4 is 10.9 Å². The number of pyridine rings is 1. The molecule has 0 bridgehead atoms. The van der Waals surface area contributed by atoms with E-state index in [2.05, 4.69) is 5.32 Å². The van der Waals surface area contributed by atoms with Crippen molar-refractivity contribution in [3.63, 3.8) is 0 Å². The van der Waals surface area contributed by atoms with E-state index in [1.807, 2.05) is 0 Å². The Balaban J connectivity index is 2.31. The summed E-state index contributed by atoms with van der Waals surface area (Å²) in [5, 5.41) is 10.6. The van der Waals surface area contributed by atoms with E-state index in [0.717, 1.165) is 23.6 Å². The van der Waals surface area contributed by atoms with Crippen LogP contribution in [0.5, 0.6) is 0 Å². The SMILES string of the molecule is N#Cc1cc(C(=O)Nc2cc(Cl)c(=O)n(CC(F)(F)F)c2)sc1Cl. The minimum atomic E-state index is -4.63. The lowest BCUT2D eigenvalue weighted by molar-refractivity contribution is -0.141. The molecule has 0 unspecified atom stereocenters. The normalized spacial score (nSPS) is 11.2. The molecule has 0 aliphatic heterocycles. The second-order valence-corrected chi connectivity index (χ2v) is 6.55. The van der Waals surface area contributed by atoms with Crippen molar-refractivity contribution in [3.05, 3.63) is 48.5 Å². The Labute approximate surface area is 146 Å². The summed E-state index contributed by atoms with van der Waals surface area (Å²) in [6.45, 7) is -1.54. The lowest BCUT2D eigenvalue weighted by Gasteiger charge is -2.12. The topological polar surface area (TPSA) is 74.9 Å². The van der Waals surface area contributed by atoms with Crippen molar-refractivity contribution >= 4 is 46.1 Å². The average Bonchev–Trinajstić information content (AvgIpc) is 2.84. The van der Waals surface area contributed by atoms with Crippen LogP contribution >= 0.6 is 34.5 Å². The molecule has 0 aliphatic carbocycles. The summed E-state index contributed by atoms with van der Waals surface area (Å²) in [6, 6.07) is 4.08. The van der Waals surface area contributed by atoms with Crippen molar-refractivity contribution in [3.8, 4) is 6.07 Å². The fourth-order valence-electron chi connectivity index (χ4n) is 1.73. The molecule has 0 saturated carbocycles. The number of alkyl halides is 3. The second-order valence-electron chi connectivity index (χ2n) is 4.49. The summed E-state index contributed by atoms with van der Waals surface area (Å²) in [5.41, 5.74) is -1.03. The standard InChI is InChI=1S/C13H6Cl2F3N3O2S/c14-8-2-7(4-21(12(8)23)5-13(16,17)18)20-11(22)9-1-6(3-19)10(15)24-9/h1-2,4H,5H2,(H,20,22). The lowest BCUT2D eigenvalue weighted by Crippen LogP contribution is -2.28. The molecule has 0 fully saturated rings. The predicted octanol–water partition coefficient (Wildman–Crippen LogP) is 3.90. The summed E-state index contributed by atoms with van der Waals surface area (Å²) in [7, 11) is 0. The van der Waals surface area contributed by atoms with E-state index >= 15 is 0 Å². The third kappa shape index (κ3) is 4.29. The van der Waals surface area contributed by atoms with E-state index in [4.69, 9.17) is 28.5 Å². The summed E-state index contributed by atoms with van der Waals surface area (Å²) < 4.78 is 37.9. The van der Waals surface area contributed by atoms with Gasteiger partial charge in [-0.05, 0) is 12.1 Å². The monoisotopic (exact) mass is 395 g/mol. The molecule has 24 heavy (non-hydrogen) atoms. The zero-order chi connectivity index (χ0) is 18.1. The molecule has 2 rings (SSSR count). The minimum absolute atomic E-state index is 0.0845. The van der Waals surface area contributed by atoms with Crippen LogP contribution in [0.2, 0.25) is 9.36 Å². The van der Waals surface area contributed by atoms with Gasteiger partial charge in [0.2, 0.25) is 0 Å². The van der Waals surface area contributed by atoms with Gasteiger partial charge in [0.1, 0.15) is 22.0 Å². The molecule has 0 aliphatic rings. The van der Waals surface area contributed by atoms with Crippen LogP contribution in [-0.2, 0) is 6.54 Å². The van der Waals surface area contributed by atoms with Gasteiger partial charge < -0.3 is 9.88 Å². The van der Waals surface area contributed by atoms with Gasteiger partial charge in [-0.1, -0.05) is 23.2 Å². The molecule has 2 heterocycles. The Morgan fingerprint density at radius 3 is 2.58 bits per heavy atom. The molecule has 0 atom stereocenters. The number of carbonyl (C=O) groups is 1. The van der Waals surface area contributed by atoms with Crippen LogP contribution in [0.15, 0.2) is 23.1 Å². The van der Waals surface area contributed by atoms with Crippen molar-refractivity contribution in [2.75, 3.05) is 5.32 Å². The molecule has 126 valence electrons. The first-order valence-corrected chi connectivity index (χ1v) is 7.65. The number of hydrogen-bond donors (Lipinski definition) is 1. The van der Waals surface area contributed by atoms with Gasteiger partial charge in [0.15, 0.2) is 0 Å². The number of anilines is 1. The highest BCUT2D eigenvalue weighted by Gasteiger charge is 2.29. The van der Waals surface area contributed by atoms with Gasteiger partial charge in [0, 0.05) is 6.20 Å². The number of halogens is 5. The zero-order valence-electron chi connectivity index (χ0n) is 11.4. The number of nitrogens with one attached hydrogen (secondary N) is 1. The minimum Gasteiger partial charge on any atom is -0.320 e. The number of aromatic nitrogens is 1. The molecule has 1 amide bonds. The fourth-order valence-corrected chi connectivity index (χ4v) is 3.03. The van der Waals surface area contributed by atoms with Crippen molar-refractivity contribution < 1.29 is 18.0 Å². The van der Waals surface area contributed by atoms with Gasteiger partial charge in [0.05, 0.1) is 16.1 Å². The van der Waals surface area contributed by atoms with E-state index in [-0.39, 0.29) is 20.5 Å². The van der Waals surface area contributed by atoms with Crippen molar-refractivity contribution in [1.82, 2.24) is 4.57 Å². The Morgan fingerprint density at radius 2 is 2.04 bits per heavy atom. The average molecular weight is 396 g/mol. The number of nitriles is 1. The van der Waals surface area contributed by atoms with E-state index < -0.39 is 29.2 Å². The van der Waals surface area contributed by atoms with Crippen LogP contribution in [0.4, 0.5) is 18.9 Å². The second kappa shape index (κ2) is 6.84. The zero-order valence-corrected chi connectivity index (χ0v) is 13.8. The molecule has 0 spiro atoms. The smallest absolute Gasteiger partial charge is 0.320 e. The van der Waals surface area contributed by atoms with Gasteiger partial charge in [-0.15, -0.1) is 11.3 Å². The number of rotatable bonds is 3. The van der Waals surface area contributed by atoms with Gasteiger partial charge in [-0.2, -0.15) is 18.4 Å². The van der Waals surface area contributed by atoms with Gasteiger partial charge in [-0.3, -0.25) is 9.59 Å². The van der Waals surface area contributed by atoms with Crippen LogP contribution in [0, 0.1) is 11.3 Å². The Hall–Kier alpha value is -2.02. The number of nitrogens with zero attached hydrogens (tertiary/aromatic N) is 2. The van der Waals surface area contributed by atoms with Crippen LogP contribution in [-0.4, -0.2) is 16.7 Å². The number of thiophene rings is 1. The van der Waals surface area contributed by atoms with E-state index in [9.17, 15) is 22.8 Å². The Morgan fingerprint density at radius 1 is 1.38 bits per heavy atom. The van der Waals surface area contributed by atoms with Crippen LogP contribution in [0.3, 0.4) is 0 Å². The van der Waals surface area contributed by atoms with Crippen LogP contribution in [0.1, 0.15) is 15.2 Å². The maximum atomic E-state index is 12.5. The Bertz CT molecular complexity index is 899. The first-order chi connectivity index (χ1) is 11.1. The molecule has 5 nitrogen and oxygen atoms in total. The van der Waals surface area contributed by atoms with Crippen molar-refractivity contribution in [2.45, 2.75) is 12.7 Å². The highest BCUT2D eigenvalue weighted by atomic mass is 35.5. The van der Waals surface area contributed by atoms with Gasteiger partial charge in [0.25, 0.3) is 11.5 Å². The molecular weight excluding hydrogens is 390 g/mol. The summed E-state index contributed by atoms with van der Waals surface area (Å²) in [5.74, 6) is -0.698. The summed E-state index contributed by atoms with van der Waals surface area (Å²) in [4.78, 5) is 23.8. The third-order valence-electron chi connectivity index (χ3n) is 2.68. The number of amides is 1. The fraction of sp³-hybridized carbons (Fsp3) is 0.154. The number of hydrogen-bond acceptors (Lipinski definition) is 4. The number of carbonyl (C=O) groups excluding carboxylic acids is 1. The highest BCUT2D eigenvalue weighted by molar-refractivity contribution is 7.18. The highest BCUT2D eigenvalue weighted by Crippen LogP contribution is 2.28. The summed E-state index contributed by atoms with van der Waals surface area (Å²) in [6.07, 6.45) is -3.79. The third-order valence-corrected chi connectivity index (χ3v) is 4.31. The van der Waals surface area contributed by atoms with Gasteiger partial charge >= 0.3 is 6.18 Å². The molecule has 2 aromatic heterocycles. The summed E-state index contributed by atoms with van der Waals surface area (Å²) >= 11 is 12.2. The molecular formula is C13H6Cl2F3N3O2S. The molecule has 1 N–H and O–H groups in total. The van der Waals surface area contributed by atoms with E-state index in [1.165, 1.54) is 6.07 Å². The van der Waals surface area contributed by atoms with Crippen molar-refractivity contribution in [1.29, 1.82) is 5.26 Å². The molecule has 2 aromatic rings. The van der Waals surface area contributed by atoms with Gasteiger partial charge in [-0.25, -0.2) is 0 Å². The maximum absolute atomic E-state index is 12.5. The first kappa shape index (κ1) is 18.3. The largest absolute Gasteiger partial charge is 0.406 e. The quantitative estimate of drug-likeness (QED) is 0.855. The Kier molecular flexibility index (Phi) is 5.22. The van der Waals surface area contributed by atoms with Crippen LogP contribution in [0.25, 0.3) is 0 Å². The maximum Gasteiger partial charge on any atom is 0.406 e. The molecule has 0 saturated heterocycles. The predicted molar refractivity (Wildman–Crippen MR) is 83.8 cm³/mol. The molecule has 0 aromatic carbocycles. The lowest BCUT2D eigenvalue weighted by atomic mass is 10.3. The molecule has 11 heteroatoms. The van der Waals surface area contributed by atoms with E-state index in [0.29, 0.717) is 4.57 Å². The first-order valence-electron chi connectivity index (χ1n) is 6.08. The van der Waals surface area contributed by atoms with E-state index in [1.54, 1.807) is 6.07 Å².